The highest BCUT2D eigenvalue weighted by Gasteiger charge is 2.64. The van der Waals surface area contributed by atoms with Gasteiger partial charge in [0.15, 0.2) is 0 Å². The Labute approximate surface area is 109 Å². The van der Waals surface area contributed by atoms with E-state index in [2.05, 4.69) is 38.7 Å². The second-order valence-corrected chi connectivity index (χ2v) is 6.90. The van der Waals surface area contributed by atoms with Crippen LogP contribution in [-0.2, 0) is 0 Å². The zero-order valence-corrected chi connectivity index (χ0v) is 11.9. The van der Waals surface area contributed by atoms with Gasteiger partial charge < -0.3 is 0 Å². The van der Waals surface area contributed by atoms with Crippen LogP contribution in [0.2, 0.25) is 17.9 Å². The fourth-order valence-corrected chi connectivity index (χ4v) is 5.02. The van der Waals surface area contributed by atoms with Gasteiger partial charge in [0, 0.05) is 19.8 Å². The van der Waals surface area contributed by atoms with Crippen molar-refractivity contribution in [2.45, 2.75) is 24.3 Å². The summed E-state index contributed by atoms with van der Waals surface area (Å²) in [4.78, 5) is 0. The molecule has 0 aromatic carbocycles. The topological polar surface area (TPSA) is 0 Å². The molecule has 0 saturated carbocycles. The maximum Gasteiger partial charge on any atom is 0.0926 e. The number of rotatable bonds is 4. The minimum absolute atomic E-state index is 0.803. The van der Waals surface area contributed by atoms with E-state index in [1.165, 1.54) is 20.4 Å². The summed E-state index contributed by atoms with van der Waals surface area (Å²) in [7, 11) is 15.0. The highest BCUT2D eigenvalue weighted by molar-refractivity contribution is 7.91. The summed E-state index contributed by atoms with van der Waals surface area (Å²) in [6.45, 7) is 3.15. The molecule has 2 heterocycles. The minimum atomic E-state index is 0.803. The molecule has 16 heavy (non-hydrogen) atoms. The molecule has 12 heteroatoms. The Morgan fingerprint density at radius 1 is 1.19 bits per heavy atom. The van der Waals surface area contributed by atoms with Crippen LogP contribution in [0.5, 0.6) is 0 Å². The van der Waals surface area contributed by atoms with Gasteiger partial charge in [0.05, 0.1) is 65.3 Å². The van der Waals surface area contributed by atoms with E-state index in [0.29, 0.717) is 0 Å². The van der Waals surface area contributed by atoms with E-state index in [9.17, 15) is 0 Å². The first kappa shape index (κ1) is 13.2. The van der Waals surface area contributed by atoms with Crippen molar-refractivity contribution in [3.05, 3.63) is 0 Å². The average molecular weight is 196 g/mol. The number of hydrogen-bond acceptors (Lipinski definition) is 0. The second kappa shape index (κ2) is 4.81. The van der Waals surface area contributed by atoms with Gasteiger partial charge in [0.2, 0.25) is 0 Å². The fourth-order valence-electron chi connectivity index (χ4n) is 5.02. The molecule has 0 aromatic rings. The maximum absolute atomic E-state index is 2.48. The highest BCUT2D eigenvalue weighted by atomic mass is 14.2. The molecular weight excluding hydrogens is 178 g/mol. The van der Waals surface area contributed by atoms with Gasteiger partial charge >= 0.3 is 0 Å². The average Bonchev–Trinajstić information content (AvgIpc) is 2.14. The molecule has 0 radical (unpaired) electrons. The maximum atomic E-state index is 2.48. The number of hydrogen-bond donors (Lipinski definition) is 0. The third-order valence-electron chi connectivity index (χ3n) is 6.10. The molecule has 2 aliphatic heterocycles. The van der Waals surface area contributed by atoms with Crippen LogP contribution >= 0.6 is 0 Å². The van der Waals surface area contributed by atoms with Gasteiger partial charge in [-0.05, 0) is 0 Å². The molecule has 70 valence electrons. The zero-order chi connectivity index (χ0) is 11.9. The Kier molecular flexibility index (Phi) is 3.97. The van der Waals surface area contributed by atoms with Crippen molar-refractivity contribution < 1.29 is 0 Å². The molecule has 1 unspecified atom stereocenters. The van der Waals surface area contributed by atoms with Gasteiger partial charge in [0.25, 0.3) is 0 Å². The summed E-state index contributed by atoms with van der Waals surface area (Å²) in [5.41, 5.74) is 0. The fraction of sp³-hybridized carbons (Fsp3) is 1.00. The molecule has 0 amide bonds. The summed E-state index contributed by atoms with van der Waals surface area (Å²) in [5.74, 6) is 0. The first-order chi connectivity index (χ1) is 7.56. The monoisotopic (exact) mass is 198 g/mol. The molecule has 0 aliphatic carbocycles. The molecule has 2 saturated heterocycles. The van der Waals surface area contributed by atoms with Gasteiger partial charge in [-0.2, -0.15) is 0 Å². The first-order valence-corrected chi connectivity index (χ1v) is 7.56. The van der Waals surface area contributed by atoms with E-state index in [1.807, 2.05) is 0 Å². The molecule has 1 spiro atoms. The summed E-state index contributed by atoms with van der Waals surface area (Å²) in [6, 6.07) is 0. The predicted molar refractivity (Wildman–Crippen MR) is 103 cm³/mol. The predicted octanol–water partition coefficient (Wildman–Crippen LogP) is -6.26. The molecular formula is C4H18B12. The second-order valence-electron chi connectivity index (χ2n) is 6.90. The standard InChI is InChI=1S/C4H18B12/c5-10-12-2-1-4(12)3-13(16(9)11-6)14(4)15(7)8/h10-11H,1-3,5-9H2. The molecule has 0 N–H and O–H groups in total. The Morgan fingerprint density at radius 2 is 1.88 bits per heavy atom. The summed E-state index contributed by atoms with van der Waals surface area (Å²) < 4.78 is 0. The van der Waals surface area contributed by atoms with E-state index >= 15 is 0 Å². The van der Waals surface area contributed by atoms with Gasteiger partial charge in [0.1, 0.15) is 0 Å². The van der Waals surface area contributed by atoms with Gasteiger partial charge in [-0.15, -0.1) is 5.21 Å². The lowest BCUT2D eigenvalue weighted by Crippen LogP contribution is -2.80. The lowest BCUT2D eigenvalue weighted by atomic mass is 8.53. The van der Waals surface area contributed by atoms with E-state index in [0.717, 1.165) is 37.6 Å². The van der Waals surface area contributed by atoms with Crippen LogP contribution in [0.15, 0.2) is 0 Å². The third kappa shape index (κ3) is 1.77. The normalized spacial score (nSPS) is 27.1. The van der Waals surface area contributed by atoms with Crippen molar-refractivity contribution in [1.29, 1.82) is 0 Å². The van der Waals surface area contributed by atoms with Crippen LogP contribution in [-0.4, -0.2) is 85.2 Å². The zero-order valence-electron chi connectivity index (χ0n) is 11.9. The molecule has 2 aliphatic rings. The lowest BCUT2D eigenvalue weighted by molar-refractivity contribution is 0.676. The van der Waals surface area contributed by atoms with Crippen LogP contribution in [0.3, 0.4) is 0 Å². The minimum Gasteiger partial charge on any atom is -0.101 e. The summed E-state index contributed by atoms with van der Waals surface area (Å²) in [6.07, 6.45) is 6.48. The van der Waals surface area contributed by atoms with Crippen LogP contribution in [0.4, 0.5) is 0 Å². The molecule has 2 rings (SSSR count). The van der Waals surface area contributed by atoms with Crippen LogP contribution in [0, 0.1) is 0 Å². The Bertz CT molecular complexity index is 253. The quantitative estimate of drug-likeness (QED) is 0.392. The molecule has 0 bridgehead atoms. The molecule has 0 nitrogen and oxygen atoms in total. The van der Waals surface area contributed by atoms with Crippen molar-refractivity contribution in [2.24, 2.45) is 0 Å². The van der Waals surface area contributed by atoms with E-state index in [1.54, 1.807) is 12.7 Å². The molecule has 2 fully saturated rings. The molecule has 0 aromatic heterocycles. The van der Waals surface area contributed by atoms with Crippen molar-refractivity contribution in [3.63, 3.8) is 0 Å². The van der Waals surface area contributed by atoms with Gasteiger partial charge in [-0.3, -0.25) is 0 Å². The largest absolute Gasteiger partial charge is 0.101 e. The van der Waals surface area contributed by atoms with E-state index < -0.39 is 0 Å². The van der Waals surface area contributed by atoms with Gasteiger partial charge in [-0.1, -0.05) is 19.1 Å². The van der Waals surface area contributed by atoms with E-state index in [4.69, 9.17) is 0 Å². The SMILES string of the molecule is BBB(B)B1CC2(CCB2BB)B1B(B)B. The molecule has 1 atom stereocenters. The van der Waals surface area contributed by atoms with Crippen molar-refractivity contribution in [3.8, 4) is 0 Å². The highest BCUT2D eigenvalue weighted by Crippen LogP contribution is 2.60. The first-order valence-electron chi connectivity index (χ1n) is 7.56. The summed E-state index contributed by atoms with van der Waals surface area (Å²) in [5, 5.41) is 0.803. The van der Waals surface area contributed by atoms with Crippen molar-refractivity contribution >= 4 is 85.2 Å². The Hall–Kier alpha value is 0.779. The van der Waals surface area contributed by atoms with Crippen LogP contribution in [0.25, 0.3) is 0 Å². The van der Waals surface area contributed by atoms with Crippen LogP contribution in [0.1, 0.15) is 6.42 Å². The Balaban J connectivity index is 2.08. The van der Waals surface area contributed by atoms with Crippen molar-refractivity contribution in [2.75, 3.05) is 0 Å². The van der Waals surface area contributed by atoms with Crippen molar-refractivity contribution in [1.82, 2.24) is 0 Å². The third-order valence-corrected chi connectivity index (χ3v) is 6.10. The summed E-state index contributed by atoms with van der Waals surface area (Å²) >= 11 is 0. The lowest BCUT2D eigenvalue weighted by Gasteiger charge is -2.66. The van der Waals surface area contributed by atoms with Crippen LogP contribution < -0.4 is 0 Å². The van der Waals surface area contributed by atoms with E-state index in [-0.39, 0.29) is 0 Å². The smallest absolute Gasteiger partial charge is 0.0926 e. The Morgan fingerprint density at radius 3 is 2.25 bits per heavy atom. The van der Waals surface area contributed by atoms with Gasteiger partial charge in [-0.25, -0.2) is 0 Å².